The standard InChI is InChI=1S/C27H23F3N8O3/c1-36-12-18(27(28,29)30)34-22(36)16-6-4-14(5-7-16)11-38-23-17(37(2)25(39)26(38)40)10-31-21(35-23)19-20(15-8-9-15)32-13-33-24(19)41-3/h4-7,10,12-13,15H,8-9,11H2,1-3H3. The van der Waals surface area contributed by atoms with E-state index in [1.165, 1.54) is 47.4 Å². The van der Waals surface area contributed by atoms with Crippen molar-refractivity contribution >= 4 is 11.2 Å². The SMILES string of the molecule is COc1ncnc(C2CC2)c1-c1ncc2c(n1)n(Cc1ccc(-c3nc(C(F)(F)F)cn3C)cc1)c(=O)c(=O)n2C. The fraction of sp³-hybridized carbons (Fsp3) is 0.296. The van der Waals surface area contributed by atoms with Gasteiger partial charge in [-0.25, -0.2) is 24.9 Å². The molecule has 0 radical (unpaired) electrons. The topological polar surface area (TPSA) is 123 Å². The van der Waals surface area contributed by atoms with Gasteiger partial charge in [0.2, 0.25) is 5.88 Å². The zero-order valence-electron chi connectivity index (χ0n) is 22.2. The van der Waals surface area contributed by atoms with Gasteiger partial charge in [-0.2, -0.15) is 13.2 Å². The molecule has 1 fully saturated rings. The van der Waals surface area contributed by atoms with E-state index in [-0.39, 0.29) is 29.8 Å². The molecule has 4 aromatic heterocycles. The third-order valence-electron chi connectivity index (χ3n) is 7.04. The lowest BCUT2D eigenvalue weighted by Crippen LogP contribution is -2.41. The van der Waals surface area contributed by atoms with Crippen molar-refractivity contribution in [1.82, 2.24) is 38.6 Å². The van der Waals surface area contributed by atoms with Gasteiger partial charge in [0, 0.05) is 31.8 Å². The Morgan fingerprint density at radius 3 is 2.37 bits per heavy atom. The van der Waals surface area contributed by atoms with Crippen molar-refractivity contribution in [3.8, 4) is 28.7 Å². The van der Waals surface area contributed by atoms with Gasteiger partial charge in [0.05, 0.1) is 25.5 Å². The largest absolute Gasteiger partial charge is 0.480 e. The van der Waals surface area contributed by atoms with Crippen LogP contribution < -0.4 is 15.9 Å². The van der Waals surface area contributed by atoms with Crippen LogP contribution in [0.2, 0.25) is 0 Å². The zero-order chi connectivity index (χ0) is 29.1. The number of benzene rings is 1. The van der Waals surface area contributed by atoms with Crippen LogP contribution in [0.3, 0.4) is 0 Å². The maximum absolute atomic E-state index is 13.2. The first kappa shape index (κ1) is 26.3. The molecule has 14 heteroatoms. The summed E-state index contributed by atoms with van der Waals surface area (Å²) in [5.41, 5.74) is 0.404. The van der Waals surface area contributed by atoms with Gasteiger partial charge in [0.15, 0.2) is 17.2 Å². The summed E-state index contributed by atoms with van der Waals surface area (Å²) >= 11 is 0. The van der Waals surface area contributed by atoms with Crippen molar-refractivity contribution in [2.75, 3.05) is 7.11 Å². The quantitative estimate of drug-likeness (QED) is 0.288. The minimum Gasteiger partial charge on any atom is -0.480 e. The summed E-state index contributed by atoms with van der Waals surface area (Å²) in [4.78, 5) is 47.5. The van der Waals surface area contributed by atoms with Crippen LogP contribution in [0, 0.1) is 0 Å². The van der Waals surface area contributed by atoms with Crippen molar-refractivity contribution in [3.63, 3.8) is 0 Å². The average Bonchev–Trinajstić information content (AvgIpc) is 3.73. The van der Waals surface area contributed by atoms with Gasteiger partial charge in [-0.1, -0.05) is 24.3 Å². The first-order valence-corrected chi connectivity index (χ1v) is 12.6. The summed E-state index contributed by atoms with van der Waals surface area (Å²) < 4.78 is 48.6. The lowest BCUT2D eigenvalue weighted by Gasteiger charge is -2.14. The number of ether oxygens (including phenoxy) is 1. The highest BCUT2D eigenvalue weighted by Gasteiger charge is 2.35. The van der Waals surface area contributed by atoms with Gasteiger partial charge in [-0.3, -0.25) is 14.2 Å². The summed E-state index contributed by atoms with van der Waals surface area (Å²) in [6.45, 7) is -0.0194. The molecule has 11 nitrogen and oxygen atoms in total. The fourth-order valence-corrected chi connectivity index (χ4v) is 4.76. The second kappa shape index (κ2) is 9.64. The van der Waals surface area contributed by atoms with Crippen LogP contribution in [0.1, 0.15) is 35.7 Å². The van der Waals surface area contributed by atoms with E-state index < -0.39 is 23.0 Å². The molecule has 0 saturated heterocycles. The number of halogens is 3. The molecule has 1 aromatic carbocycles. The molecule has 6 rings (SSSR count). The minimum atomic E-state index is -4.56. The van der Waals surface area contributed by atoms with Crippen LogP contribution in [-0.4, -0.2) is 45.7 Å². The van der Waals surface area contributed by atoms with Gasteiger partial charge in [-0.15, -0.1) is 0 Å². The van der Waals surface area contributed by atoms with Crippen LogP contribution in [0.25, 0.3) is 33.9 Å². The average molecular weight is 565 g/mol. The Morgan fingerprint density at radius 1 is 1.00 bits per heavy atom. The van der Waals surface area contributed by atoms with E-state index in [0.29, 0.717) is 28.1 Å². The second-order valence-electron chi connectivity index (χ2n) is 9.83. The van der Waals surface area contributed by atoms with E-state index in [4.69, 9.17) is 9.72 Å². The van der Waals surface area contributed by atoms with Gasteiger partial charge in [0.25, 0.3) is 0 Å². The number of alkyl halides is 3. The van der Waals surface area contributed by atoms with Crippen LogP contribution in [-0.2, 0) is 26.8 Å². The first-order chi connectivity index (χ1) is 19.6. The lowest BCUT2D eigenvalue weighted by atomic mass is 10.1. The Bertz CT molecular complexity index is 1920. The molecule has 0 bridgehead atoms. The highest BCUT2D eigenvalue weighted by molar-refractivity contribution is 5.75. The fourth-order valence-electron chi connectivity index (χ4n) is 4.76. The molecule has 0 aliphatic heterocycles. The van der Waals surface area contributed by atoms with Crippen LogP contribution in [0.15, 0.2) is 52.6 Å². The van der Waals surface area contributed by atoms with E-state index in [0.717, 1.165) is 24.7 Å². The van der Waals surface area contributed by atoms with Gasteiger partial charge in [0.1, 0.15) is 23.2 Å². The lowest BCUT2D eigenvalue weighted by molar-refractivity contribution is -0.140. The molecule has 1 aliphatic carbocycles. The molecule has 5 aromatic rings. The summed E-state index contributed by atoms with van der Waals surface area (Å²) in [6, 6.07) is 6.55. The molecular formula is C27H23F3N8O3. The zero-order valence-corrected chi connectivity index (χ0v) is 22.2. The summed E-state index contributed by atoms with van der Waals surface area (Å²) in [7, 11) is 4.44. The van der Waals surface area contributed by atoms with Gasteiger partial charge >= 0.3 is 17.3 Å². The Morgan fingerprint density at radius 2 is 1.73 bits per heavy atom. The maximum atomic E-state index is 13.2. The predicted molar refractivity (Wildman–Crippen MR) is 141 cm³/mol. The third-order valence-corrected chi connectivity index (χ3v) is 7.04. The number of nitrogens with zero attached hydrogens (tertiary/aromatic N) is 8. The van der Waals surface area contributed by atoms with Crippen molar-refractivity contribution in [2.24, 2.45) is 14.1 Å². The number of rotatable bonds is 6. The van der Waals surface area contributed by atoms with Crippen LogP contribution in [0.5, 0.6) is 5.88 Å². The smallest absolute Gasteiger partial charge is 0.434 e. The van der Waals surface area contributed by atoms with Gasteiger partial charge < -0.3 is 13.9 Å². The number of aromatic nitrogens is 8. The Balaban J connectivity index is 1.43. The van der Waals surface area contributed by atoms with E-state index in [1.807, 2.05) is 0 Å². The highest BCUT2D eigenvalue weighted by atomic mass is 19.4. The van der Waals surface area contributed by atoms with E-state index in [2.05, 4.69) is 19.9 Å². The molecule has 4 heterocycles. The minimum absolute atomic E-state index is 0.0194. The highest BCUT2D eigenvalue weighted by Crippen LogP contribution is 2.44. The Kier molecular flexibility index (Phi) is 6.20. The summed E-state index contributed by atoms with van der Waals surface area (Å²) in [6.07, 6.45) is 1.19. The number of hydrogen-bond donors (Lipinski definition) is 0. The summed E-state index contributed by atoms with van der Waals surface area (Å²) in [5, 5.41) is 0. The molecule has 0 atom stereocenters. The van der Waals surface area contributed by atoms with Crippen LogP contribution in [0.4, 0.5) is 13.2 Å². The molecule has 1 saturated carbocycles. The molecule has 0 N–H and O–H groups in total. The molecule has 1 aliphatic rings. The van der Waals surface area contributed by atoms with Crippen molar-refractivity contribution in [2.45, 2.75) is 31.5 Å². The summed E-state index contributed by atoms with van der Waals surface area (Å²) in [5.74, 6) is 0.934. The number of methoxy groups -OCH3 is 1. The Labute approximate surface area is 230 Å². The maximum Gasteiger partial charge on any atom is 0.434 e. The van der Waals surface area contributed by atoms with E-state index >= 15 is 0 Å². The molecule has 41 heavy (non-hydrogen) atoms. The molecule has 0 unspecified atom stereocenters. The number of hydrogen-bond acceptors (Lipinski definition) is 8. The van der Waals surface area contributed by atoms with Gasteiger partial charge in [-0.05, 0) is 18.4 Å². The first-order valence-electron chi connectivity index (χ1n) is 12.6. The second-order valence-corrected chi connectivity index (χ2v) is 9.83. The van der Waals surface area contributed by atoms with Crippen molar-refractivity contribution < 1.29 is 17.9 Å². The monoisotopic (exact) mass is 564 g/mol. The third kappa shape index (κ3) is 4.64. The molecule has 0 amide bonds. The normalized spacial score (nSPS) is 13.6. The van der Waals surface area contributed by atoms with E-state index in [1.54, 1.807) is 24.3 Å². The number of aryl methyl sites for hydroxylation is 2. The van der Waals surface area contributed by atoms with Crippen molar-refractivity contribution in [3.05, 3.63) is 80.6 Å². The molecule has 0 spiro atoms. The van der Waals surface area contributed by atoms with Crippen molar-refractivity contribution in [1.29, 1.82) is 0 Å². The number of imidazole rings is 1. The number of fused-ring (bicyclic) bond motifs is 1. The van der Waals surface area contributed by atoms with Crippen LogP contribution >= 0.6 is 0 Å². The molecular weight excluding hydrogens is 541 g/mol. The Hall–Kier alpha value is -4.88. The molecule has 210 valence electrons. The predicted octanol–water partition coefficient (Wildman–Crippen LogP) is 3.30. The van der Waals surface area contributed by atoms with E-state index in [9.17, 15) is 22.8 Å².